The number of nitrogens with zero attached hydrogens (tertiary/aromatic N) is 3. The molecular formula is C13H21F3N4S2. The van der Waals surface area contributed by atoms with Crippen molar-refractivity contribution in [1.29, 1.82) is 0 Å². The van der Waals surface area contributed by atoms with Crippen LogP contribution < -0.4 is 5.32 Å². The minimum atomic E-state index is -4.12. The number of hydrogen-bond acceptors (Lipinski definition) is 5. The summed E-state index contributed by atoms with van der Waals surface area (Å²) in [4.78, 5) is 1.78. The third-order valence-corrected chi connectivity index (χ3v) is 4.61. The maximum absolute atomic E-state index is 12.8. The smallest absolute Gasteiger partial charge is 0.356 e. The molecule has 0 spiro atoms. The maximum Gasteiger partial charge on any atom is 0.393 e. The predicted octanol–water partition coefficient (Wildman–Crippen LogP) is 4.12. The van der Waals surface area contributed by atoms with Crippen LogP contribution in [0.1, 0.15) is 33.6 Å². The van der Waals surface area contributed by atoms with Crippen molar-refractivity contribution in [2.45, 2.75) is 52.0 Å². The lowest BCUT2D eigenvalue weighted by Crippen LogP contribution is -2.42. The Labute approximate surface area is 137 Å². The number of aromatic nitrogens is 2. The Balaban J connectivity index is 2.03. The molecule has 1 aromatic heterocycles. The summed E-state index contributed by atoms with van der Waals surface area (Å²) in [5.41, 5.74) is -0.135. The summed E-state index contributed by atoms with van der Waals surface area (Å²) in [6, 6.07) is 0. The number of rotatable bonds is 3. The van der Waals surface area contributed by atoms with Gasteiger partial charge in [0.1, 0.15) is 0 Å². The largest absolute Gasteiger partial charge is 0.393 e. The van der Waals surface area contributed by atoms with E-state index in [4.69, 9.17) is 12.2 Å². The van der Waals surface area contributed by atoms with Gasteiger partial charge in [-0.15, -0.1) is 5.10 Å². The summed E-state index contributed by atoms with van der Waals surface area (Å²) in [5, 5.41) is 8.30. The molecule has 2 heterocycles. The summed E-state index contributed by atoms with van der Waals surface area (Å²) in [6.45, 7) is 7.02. The van der Waals surface area contributed by atoms with E-state index in [-0.39, 0.29) is 18.5 Å². The third-order valence-electron chi connectivity index (χ3n) is 3.39. The molecule has 1 aromatic rings. The SMILES string of the molecule is CC(C)(C)Nc1nn(CN2CCCC(C(F)(F)F)C2)c(=S)s1. The second kappa shape index (κ2) is 6.45. The van der Waals surface area contributed by atoms with Crippen molar-refractivity contribution in [2.75, 3.05) is 18.4 Å². The van der Waals surface area contributed by atoms with Gasteiger partial charge in [0.05, 0.1) is 12.6 Å². The number of nitrogens with one attached hydrogen (secondary N) is 1. The number of alkyl halides is 3. The van der Waals surface area contributed by atoms with Crippen molar-refractivity contribution in [1.82, 2.24) is 14.7 Å². The van der Waals surface area contributed by atoms with E-state index in [9.17, 15) is 13.2 Å². The van der Waals surface area contributed by atoms with Gasteiger partial charge in [-0.2, -0.15) is 13.2 Å². The fourth-order valence-electron chi connectivity index (χ4n) is 2.41. The van der Waals surface area contributed by atoms with Crippen LogP contribution in [0, 0.1) is 9.87 Å². The molecule has 2 rings (SSSR count). The Bertz CT molecular complexity index is 559. The van der Waals surface area contributed by atoms with Crippen molar-refractivity contribution in [2.24, 2.45) is 5.92 Å². The number of likely N-dealkylation sites (tertiary alicyclic amines) is 1. The van der Waals surface area contributed by atoms with Crippen molar-refractivity contribution < 1.29 is 13.2 Å². The van der Waals surface area contributed by atoms with Gasteiger partial charge in [-0.05, 0) is 52.4 Å². The van der Waals surface area contributed by atoms with Crippen molar-refractivity contribution in [3.8, 4) is 0 Å². The van der Waals surface area contributed by atoms with Gasteiger partial charge in [-0.25, -0.2) is 4.68 Å². The van der Waals surface area contributed by atoms with Gasteiger partial charge in [0, 0.05) is 12.1 Å². The fraction of sp³-hybridized carbons (Fsp3) is 0.846. The average molecular weight is 354 g/mol. The Morgan fingerprint density at radius 3 is 2.64 bits per heavy atom. The van der Waals surface area contributed by atoms with Crippen molar-refractivity contribution in [3.63, 3.8) is 0 Å². The minimum absolute atomic E-state index is 0.0187. The summed E-state index contributed by atoms with van der Waals surface area (Å²) in [5.74, 6) is -1.25. The highest BCUT2D eigenvalue weighted by Gasteiger charge is 2.41. The molecule has 4 nitrogen and oxygen atoms in total. The van der Waals surface area contributed by atoms with Gasteiger partial charge in [0.25, 0.3) is 0 Å². The van der Waals surface area contributed by atoms with E-state index >= 15 is 0 Å². The van der Waals surface area contributed by atoms with Gasteiger partial charge in [-0.1, -0.05) is 11.3 Å². The molecule has 1 aliphatic heterocycles. The van der Waals surface area contributed by atoms with Crippen molar-refractivity contribution >= 4 is 28.7 Å². The molecule has 1 aliphatic rings. The number of hydrogen-bond donors (Lipinski definition) is 1. The van der Waals surface area contributed by atoms with Gasteiger partial charge >= 0.3 is 6.18 Å². The Morgan fingerprint density at radius 1 is 1.36 bits per heavy atom. The highest BCUT2D eigenvalue weighted by atomic mass is 32.1. The maximum atomic E-state index is 12.8. The van der Waals surface area contributed by atoms with E-state index in [0.717, 1.165) is 0 Å². The molecule has 22 heavy (non-hydrogen) atoms. The molecule has 9 heteroatoms. The molecule has 0 aliphatic carbocycles. The lowest BCUT2D eigenvalue weighted by Gasteiger charge is -2.33. The Morgan fingerprint density at radius 2 is 2.05 bits per heavy atom. The van der Waals surface area contributed by atoms with E-state index in [1.165, 1.54) is 11.3 Å². The van der Waals surface area contributed by atoms with Gasteiger partial charge in [0.2, 0.25) is 5.13 Å². The first-order valence-electron chi connectivity index (χ1n) is 7.20. The first kappa shape index (κ1) is 17.7. The van der Waals surface area contributed by atoms with Crippen LogP contribution in [0.4, 0.5) is 18.3 Å². The van der Waals surface area contributed by atoms with E-state index < -0.39 is 12.1 Å². The summed E-state index contributed by atoms with van der Waals surface area (Å²) < 4.78 is 40.7. The zero-order valence-corrected chi connectivity index (χ0v) is 14.5. The molecule has 0 aromatic carbocycles. The molecule has 1 saturated heterocycles. The number of anilines is 1. The first-order chi connectivity index (χ1) is 10.0. The molecule has 1 unspecified atom stereocenters. The zero-order valence-electron chi connectivity index (χ0n) is 12.9. The molecular weight excluding hydrogens is 333 g/mol. The predicted molar refractivity (Wildman–Crippen MR) is 84.7 cm³/mol. The molecule has 0 bridgehead atoms. The van der Waals surface area contributed by atoms with Crippen LogP contribution in [0.5, 0.6) is 0 Å². The van der Waals surface area contributed by atoms with Crippen LogP contribution in [-0.4, -0.2) is 39.5 Å². The lowest BCUT2D eigenvalue weighted by atomic mass is 9.98. The standard InChI is InChI=1S/C13H21F3N4S2/c1-12(2,3)17-10-18-20(11(21)22-10)8-19-6-4-5-9(7-19)13(14,15)16/h9H,4-8H2,1-3H3,(H,17,18). The monoisotopic (exact) mass is 354 g/mol. The molecule has 0 radical (unpaired) electrons. The van der Waals surface area contributed by atoms with Crippen LogP contribution in [0.2, 0.25) is 0 Å². The normalized spacial score (nSPS) is 21.1. The van der Waals surface area contributed by atoms with Crippen LogP contribution in [0.25, 0.3) is 0 Å². The average Bonchev–Trinajstić information content (AvgIpc) is 2.66. The minimum Gasteiger partial charge on any atom is -0.356 e. The molecule has 126 valence electrons. The van der Waals surface area contributed by atoms with Crippen LogP contribution >= 0.6 is 23.6 Å². The van der Waals surface area contributed by atoms with Crippen molar-refractivity contribution in [3.05, 3.63) is 3.95 Å². The van der Waals surface area contributed by atoms with E-state index in [1.807, 2.05) is 20.8 Å². The topological polar surface area (TPSA) is 33.1 Å². The van der Waals surface area contributed by atoms with Gasteiger partial charge in [0.15, 0.2) is 3.95 Å². The van der Waals surface area contributed by atoms with Gasteiger partial charge < -0.3 is 5.32 Å². The summed E-state index contributed by atoms with van der Waals surface area (Å²) in [6.07, 6.45) is -3.37. The second-order valence-electron chi connectivity index (χ2n) is 6.65. The van der Waals surface area contributed by atoms with Gasteiger partial charge in [-0.3, -0.25) is 4.90 Å². The molecule has 0 amide bonds. The molecule has 1 fully saturated rings. The van der Waals surface area contributed by atoms with E-state index in [2.05, 4.69) is 10.4 Å². The molecule has 0 saturated carbocycles. The van der Waals surface area contributed by atoms with Crippen LogP contribution in [-0.2, 0) is 6.67 Å². The first-order valence-corrected chi connectivity index (χ1v) is 8.42. The lowest BCUT2D eigenvalue weighted by molar-refractivity contribution is -0.188. The highest BCUT2D eigenvalue weighted by Crippen LogP contribution is 2.33. The number of halogens is 3. The quantitative estimate of drug-likeness (QED) is 0.828. The van der Waals surface area contributed by atoms with E-state index in [0.29, 0.717) is 28.7 Å². The molecule has 1 N–H and O–H groups in total. The Hall–Kier alpha value is -0.670. The summed E-state index contributed by atoms with van der Waals surface area (Å²) >= 11 is 6.61. The zero-order chi connectivity index (χ0) is 16.5. The fourth-order valence-corrected chi connectivity index (χ4v) is 3.61. The van der Waals surface area contributed by atoms with Crippen LogP contribution in [0.15, 0.2) is 0 Å². The summed E-state index contributed by atoms with van der Waals surface area (Å²) in [7, 11) is 0. The van der Waals surface area contributed by atoms with E-state index in [1.54, 1.807) is 9.58 Å². The Kier molecular flexibility index (Phi) is 5.18. The second-order valence-corrected chi connectivity index (χ2v) is 8.27. The number of piperidine rings is 1. The molecule has 1 atom stereocenters. The van der Waals surface area contributed by atoms with Crippen LogP contribution in [0.3, 0.4) is 0 Å². The highest BCUT2D eigenvalue weighted by molar-refractivity contribution is 7.73. The third kappa shape index (κ3) is 4.92.